The molecule has 0 aliphatic carbocycles. The van der Waals surface area contributed by atoms with Crippen molar-refractivity contribution in [2.45, 2.75) is 19.8 Å². The number of hydrogen-bond donors (Lipinski definition) is 1. The Kier molecular flexibility index (Phi) is 6.45. The molecule has 10 nitrogen and oxygen atoms in total. The summed E-state index contributed by atoms with van der Waals surface area (Å²) in [6, 6.07) is 8.23. The maximum absolute atomic E-state index is 12.2. The van der Waals surface area contributed by atoms with Crippen LogP contribution in [0.1, 0.15) is 30.3 Å². The summed E-state index contributed by atoms with van der Waals surface area (Å²) in [5.41, 5.74) is 1.43. The fourth-order valence-corrected chi connectivity index (χ4v) is 3.02. The Morgan fingerprint density at radius 2 is 2.03 bits per heavy atom. The lowest BCUT2D eigenvalue weighted by molar-refractivity contribution is -0.125. The minimum Gasteiger partial charge on any atom is -0.461 e. The van der Waals surface area contributed by atoms with E-state index in [-0.39, 0.29) is 49.7 Å². The predicted octanol–water partition coefficient (Wildman–Crippen LogP) is 1.66. The van der Waals surface area contributed by atoms with E-state index in [2.05, 4.69) is 10.4 Å². The van der Waals surface area contributed by atoms with E-state index in [1.54, 1.807) is 50.5 Å². The molecule has 1 aromatic heterocycles. The first-order valence-corrected chi connectivity index (χ1v) is 9.57. The van der Waals surface area contributed by atoms with Crippen molar-refractivity contribution in [3.8, 4) is 5.69 Å². The Morgan fingerprint density at radius 1 is 1.23 bits per heavy atom. The van der Waals surface area contributed by atoms with Crippen molar-refractivity contribution in [3.63, 3.8) is 0 Å². The van der Waals surface area contributed by atoms with Gasteiger partial charge in [0.15, 0.2) is 5.69 Å². The van der Waals surface area contributed by atoms with Crippen LogP contribution in [0.3, 0.4) is 0 Å². The van der Waals surface area contributed by atoms with Crippen molar-refractivity contribution in [3.05, 3.63) is 42.2 Å². The van der Waals surface area contributed by atoms with Gasteiger partial charge in [0.1, 0.15) is 6.54 Å². The maximum Gasteiger partial charge on any atom is 0.358 e. The van der Waals surface area contributed by atoms with Crippen LogP contribution < -0.4 is 5.32 Å². The van der Waals surface area contributed by atoms with Crippen molar-refractivity contribution in [1.29, 1.82) is 0 Å². The fraction of sp³-hybridized carbons (Fsp3) is 0.350. The number of esters is 1. The van der Waals surface area contributed by atoms with Gasteiger partial charge in [-0.1, -0.05) is 6.07 Å². The number of anilines is 1. The monoisotopic (exact) mass is 413 g/mol. The van der Waals surface area contributed by atoms with Crippen LogP contribution in [0.15, 0.2) is 36.5 Å². The van der Waals surface area contributed by atoms with Crippen LogP contribution in [0.2, 0.25) is 0 Å². The minimum absolute atomic E-state index is 0.0726. The van der Waals surface area contributed by atoms with Crippen molar-refractivity contribution >= 4 is 29.5 Å². The van der Waals surface area contributed by atoms with E-state index >= 15 is 0 Å². The third-order valence-electron chi connectivity index (χ3n) is 4.48. The number of benzene rings is 1. The van der Waals surface area contributed by atoms with E-state index in [0.717, 1.165) is 4.90 Å². The highest BCUT2D eigenvalue weighted by molar-refractivity contribution is 6.01. The number of urea groups is 1. The Bertz CT molecular complexity index is 970. The number of rotatable bonds is 8. The molecule has 1 saturated heterocycles. The molecule has 1 aliphatic heterocycles. The summed E-state index contributed by atoms with van der Waals surface area (Å²) in [5, 5.41) is 6.98. The van der Waals surface area contributed by atoms with E-state index in [1.807, 2.05) is 0 Å². The average molecular weight is 413 g/mol. The highest BCUT2D eigenvalue weighted by Gasteiger charge is 2.32. The molecule has 1 aromatic carbocycles. The summed E-state index contributed by atoms with van der Waals surface area (Å²) < 4.78 is 6.44. The quantitative estimate of drug-likeness (QED) is 0.520. The SMILES string of the molecule is CCOC(=O)c1ccn(-c2cccc(NC(=O)CCCN3C(=O)CN(C)C3=O)c2)n1. The number of carbonyl (C=O) groups excluding carboxylic acids is 4. The Morgan fingerprint density at radius 3 is 2.73 bits per heavy atom. The molecular formula is C20H23N5O5. The Hall–Kier alpha value is -3.69. The van der Waals surface area contributed by atoms with Gasteiger partial charge in [-0.15, -0.1) is 0 Å². The van der Waals surface area contributed by atoms with Crippen LogP contribution in [0.5, 0.6) is 0 Å². The second-order valence-corrected chi connectivity index (χ2v) is 6.75. The van der Waals surface area contributed by atoms with Gasteiger partial charge >= 0.3 is 12.0 Å². The summed E-state index contributed by atoms with van der Waals surface area (Å²) in [5.74, 6) is -0.980. The van der Waals surface area contributed by atoms with Crippen LogP contribution in [0.25, 0.3) is 5.69 Å². The van der Waals surface area contributed by atoms with Gasteiger partial charge in [-0.3, -0.25) is 14.5 Å². The molecule has 1 aliphatic rings. The van der Waals surface area contributed by atoms with Gasteiger partial charge in [0, 0.05) is 31.9 Å². The molecule has 2 heterocycles. The number of aromatic nitrogens is 2. The van der Waals surface area contributed by atoms with E-state index in [9.17, 15) is 19.2 Å². The Balaban J connectivity index is 1.55. The molecule has 1 fully saturated rings. The van der Waals surface area contributed by atoms with Gasteiger partial charge in [-0.05, 0) is 37.6 Å². The summed E-state index contributed by atoms with van der Waals surface area (Å²) in [6.07, 6.45) is 2.17. The van der Waals surface area contributed by atoms with E-state index in [4.69, 9.17) is 4.74 Å². The number of nitrogens with zero attached hydrogens (tertiary/aromatic N) is 4. The van der Waals surface area contributed by atoms with Gasteiger partial charge in [0.05, 0.1) is 12.3 Å². The molecule has 0 spiro atoms. The summed E-state index contributed by atoms with van der Waals surface area (Å²) in [4.78, 5) is 50.1. The van der Waals surface area contributed by atoms with Gasteiger partial charge < -0.3 is 15.0 Å². The lowest BCUT2D eigenvalue weighted by atomic mass is 10.2. The number of nitrogens with one attached hydrogen (secondary N) is 1. The molecule has 4 amide bonds. The molecule has 0 saturated carbocycles. The van der Waals surface area contributed by atoms with Crippen LogP contribution in [-0.4, -0.2) is 70.1 Å². The second-order valence-electron chi connectivity index (χ2n) is 6.75. The van der Waals surface area contributed by atoms with E-state index in [1.165, 1.54) is 9.58 Å². The van der Waals surface area contributed by atoms with Gasteiger partial charge in [0.25, 0.3) is 0 Å². The molecular weight excluding hydrogens is 390 g/mol. The summed E-state index contributed by atoms with van der Waals surface area (Å²) in [6.45, 7) is 2.27. The Labute approximate surface area is 173 Å². The van der Waals surface area contributed by atoms with Crippen LogP contribution in [0, 0.1) is 0 Å². The van der Waals surface area contributed by atoms with E-state index < -0.39 is 5.97 Å². The number of amides is 4. The van der Waals surface area contributed by atoms with Gasteiger partial charge in [-0.25, -0.2) is 14.3 Å². The largest absolute Gasteiger partial charge is 0.461 e. The lowest BCUT2D eigenvalue weighted by Gasteiger charge is -2.13. The summed E-state index contributed by atoms with van der Waals surface area (Å²) >= 11 is 0. The molecule has 158 valence electrons. The van der Waals surface area contributed by atoms with Crippen LogP contribution >= 0.6 is 0 Å². The number of ether oxygens (including phenoxy) is 1. The lowest BCUT2D eigenvalue weighted by Crippen LogP contribution is -2.32. The number of imide groups is 1. The first-order valence-electron chi connectivity index (χ1n) is 9.57. The fourth-order valence-electron chi connectivity index (χ4n) is 3.02. The highest BCUT2D eigenvalue weighted by atomic mass is 16.5. The van der Waals surface area contributed by atoms with Crippen LogP contribution in [0.4, 0.5) is 10.5 Å². The minimum atomic E-state index is -0.498. The zero-order chi connectivity index (χ0) is 21.7. The molecule has 0 bridgehead atoms. The number of likely N-dealkylation sites (N-methyl/N-ethyl adjacent to an activating group) is 1. The molecule has 3 rings (SSSR count). The molecule has 2 aromatic rings. The molecule has 10 heteroatoms. The van der Waals surface area contributed by atoms with Crippen LogP contribution in [-0.2, 0) is 14.3 Å². The van der Waals surface area contributed by atoms with Crippen molar-refractivity contribution in [2.24, 2.45) is 0 Å². The smallest absolute Gasteiger partial charge is 0.358 e. The zero-order valence-electron chi connectivity index (χ0n) is 16.8. The molecule has 30 heavy (non-hydrogen) atoms. The first kappa shape index (κ1) is 21.0. The van der Waals surface area contributed by atoms with Crippen molar-refractivity contribution < 1.29 is 23.9 Å². The standard InChI is InChI=1S/C20H23N5O5/c1-3-30-19(28)16-9-11-25(22-16)15-7-4-6-14(12-15)21-17(26)8-5-10-24-18(27)13-23(2)20(24)29/h4,6-7,9,11-12H,3,5,8,10,13H2,1-2H3,(H,21,26). The van der Waals surface area contributed by atoms with Crippen molar-refractivity contribution in [2.75, 3.05) is 32.1 Å². The van der Waals surface area contributed by atoms with Gasteiger partial charge in [0.2, 0.25) is 11.8 Å². The predicted molar refractivity (Wildman–Crippen MR) is 107 cm³/mol. The maximum atomic E-state index is 12.2. The molecule has 0 radical (unpaired) electrons. The highest BCUT2D eigenvalue weighted by Crippen LogP contribution is 2.16. The molecule has 0 unspecified atom stereocenters. The van der Waals surface area contributed by atoms with Gasteiger partial charge in [-0.2, -0.15) is 5.10 Å². The zero-order valence-corrected chi connectivity index (χ0v) is 16.8. The third-order valence-corrected chi connectivity index (χ3v) is 4.48. The second kappa shape index (κ2) is 9.21. The third kappa shape index (κ3) is 4.83. The first-order chi connectivity index (χ1) is 14.4. The topological polar surface area (TPSA) is 114 Å². The summed E-state index contributed by atoms with van der Waals surface area (Å²) in [7, 11) is 1.56. The van der Waals surface area contributed by atoms with E-state index in [0.29, 0.717) is 17.8 Å². The number of hydrogen-bond acceptors (Lipinski definition) is 6. The molecule has 1 N–H and O–H groups in total. The van der Waals surface area contributed by atoms with Crippen molar-refractivity contribution in [1.82, 2.24) is 19.6 Å². The number of carbonyl (C=O) groups is 4. The average Bonchev–Trinajstić information content (AvgIpc) is 3.29. The molecule has 0 atom stereocenters. The normalized spacial score (nSPS) is 13.7.